The van der Waals surface area contributed by atoms with Crippen LogP contribution >= 0.6 is 11.6 Å². The molecule has 0 aliphatic rings. The monoisotopic (exact) mass is 182 g/mol. The Morgan fingerprint density at radius 1 is 1.50 bits per heavy atom. The van der Waals surface area contributed by atoms with E-state index in [0.29, 0.717) is 0 Å². The molecule has 0 N–H and O–H groups in total. The highest BCUT2D eigenvalue weighted by atomic mass is 35.5. The smallest absolute Gasteiger partial charge is 0.119 e. The second-order valence-corrected chi connectivity index (χ2v) is 2.74. The maximum atomic E-state index is 5.58. The third-order valence-electron chi connectivity index (χ3n) is 1.69. The minimum absolute atomic E-state index is 0.852. The molecule has 12 heavy (non-hydrogen) atoms. The molecule has 2 heteroatoms. The van der Waals surface area contributed by atoms with Crippen molar-refractivity contribution in [3.8, 4) is 5.75 Å². The van der Waals surface area contributed by atoms with Crippen LogP contribution in [0.4, 0.5) is 0 Å². The minimum atomic E-state index is 0.852. The highest BCUT2D eigenvalue weighted by molar-refractivity contribution is 6.28. The predicted octanol–water partition coefficient (Wildman–Crippen LogP) is 3.29. The molecule has 0 radical (unpaired) electrons. The lowest BCUT2D eigenvalue weighted by Gasteiger charge is -2.02. The number of hydrogen-bond donors (Lipinski definition) is 0. The third-order valence-corrected chi connectivity index (χ3v) is 2.02. The van der Waals surface area contributed by atoms with Crippen molar-refractivity contribution in [3.63, 3.8) is 0 Å². The Morgan fingerprint density at radius 3 is 2.83 bits per heavy atom. The van der Waals surface area contributed by atoms with Gasteiger partial charge in [0.25, 0.3) is 0 Å². The SMILES string of the molecule is COc1cccc(/C(C)=C/Cl)c1. The topological polar surface area (TPSA) is 9.23 Å². The van der Waals surface area contributed by atoms with Gasteiger partial charge in [-0.15, -0.1) is 0 Å². The van der Waals surface area contributed by atoms with Crippen LogP contribution in [0.15, 0.2) is 29.8 Å². The largest absolute Gasteiger partial charge is 0.497 e. The van der Waals surface area contributed by atoms with Gasteiger partial charge in [-0.3, -0.25) is 0 Å². The fourth-order valence-corrected chi connectivity index (χ4v) is 1.06. The van der Waals surface area contributed by atoms with E-state index in [0.717, 1.165) is 16.9 Å². The van der Waals surface area contributed by atoms with E-state index in [1.54, 1.807) is 12.6 Å². The molecule has 0 spiro atoms. The predicted molar refractivity (Wildman–Crippen MR) is 52.5 cm³/mol. The van der Waals surface area contributed by atoms with Crippen molar-refractivity contribution in [2.45, 2.75) is 6.92 Å². The van der Waals surface area contributed by atoms with Crippen LogP contribution in [0.1, 0.15) is 12.5 Å². The standard InChI is InChI=1S/C10H11ClO/c1-8(7-11)9-4-3-5-10(6-9)12-2/h3-7H,1-2H3/b8-7+. The second-order valence-electron chi connectivity index (χ2n) is 2.52. The lowest BCUT2D eigenvalue weighted by Crippen LogP contribution is -1.84. The highest BCUT2D eigenvalue weighted by Gasteiger charge is 1.96. The molecule has 0 aromatic heterocycles. The van der Waals surface area contributed by atoms with Gasteiger partial charge in [-0.25, -0.2) is 0 Å². The molecule has 0 saturated carbocycles. The molecule has 0 saturated heterocycles. The van der Waals surface area contributed by atoms with E-state index >= 15 is 0 Å². The quantitative estimate of drug-likeness (QED) is 0.682. The first-order valence-corrected chi connectivity index (χ1v) is 4.13. The van der Waals surface area contributed by atoms with Crippen LogP contribution in [0.2, 0.25) is 0 Å². The fourth-order valence-electron chi connectivity index (χ4n) is 0.931. The number of allylic oxidation sites excluding steroid dienone is 1. The lowest BCUT2D eigenvalue weighted by atomic mass is 10.1. The summed E-state index contributed by atoms with van der Waals surface area (Å²) < 4.78 is 5.08. The van der Waals surface area contributed by atoms with E-state index in [9.17, 15) is 0 Å². The summed E-state index contributed by atoms with van der Waals surface area (Å²) in [5.74, 6) is 0.852. The molecule has 0 aliphatic heterocycles. The molecule has 1 aromatic carbocycles. The maximum absolute atomic E-state index is 5.58. The van der Waals surface area contributed by atoms with Gasteiger partial charge in [0, 0.05) is 5.54 Å². The normalized spacial score (nSPS) is 11.4. The van der Waals surface area contributed by atoms with E-state index < -0.39 is 0 Å². The van der Waals surface area contributed by atoms with E-state index in [1.807, 2.05) is 31.2 Å². The summed E-state index contributed by atoms with van der Waals surface area (Å²) in [5.41, 5.74) is 3.69. The van der Waals surface area contributed by atoms with Crippen molar-refractivity contribution in [2.24, 2.45) is 0 Å². The van der Waals surface area contributed by atoms with Crippen molar-refractivity contribution < 1.29 is 4.74 Å². The Bertz CT molecular complexity index is 292. The minimum Gasteiger partial charge on any atom is -0.497 e. The summed E-state index contributed by atoms with van der Waals surface area (Å²) in [4.78, 5) is 0. The number of halogens is 1. The van der Waals surface area contributed by atoms with Crippen molar-refractivity contribution in [1.82, 2.24) is 0 Å². The van der Waals surface area contributed by atoms with E-state index in [-0.39, 0.29) is 0 Å². The third kappa shape index (κ3) is 2.02. The van der Waals surface area contributed by atoms with Gasteiger partial charge in [-0.05, 0) is 30.2 Å². The summed E-state index contributed by atoms with van der Waals surface area (Å²) in [5, 5.41) is 0. The molecule has 0 bridgehead atoms. The molecule has 0 unspecified atom stereocenters. The first-order valence-electron chi connectivity index (χ1n) is 3.69. The van der Waals surface area contributed by atoms with Crippen molar-refractivity contribution in [3.05, 3.63) is 35.4 Å². The Labute approximate surface area is 77.6 Å². The van der Waals surface area contributed by atoms with Gasteiger partial charge in [0.15, 0.2) is 0 Å². The van der Waals surface area contributed by atoms with Gasteiger partial charge in [0.1, 0.15) is 5.75 Å². The van der Waals surface area contributed by atoms with Crippen LogP contribution in [0.3, 0.4) is 0 Å². The van der Waals surface area contributed by atoms with Crippen LogP contribution in [0.25, 0.3) is 5.57 Å². The van der Waals surface area contributed by atoms with Crippen LogP contribution < -0.4 is 4.74 Å². The zero-order valence-corrected chi connectivity index (χ0v) is 7.93. The van der Waals surface area contributed by atoms with Crippen molar-refractivity contribution >= 4 is 17.2 Å². The molecular formula is C10H11ClO. The zero-order valence-electron chi connectivity index (χ0n) is 7.17. The first-order chi connectivity index (χ1) is 5.77. The van der Waals surface area contributed by atoms with Crippen LogP contribution in [0, 0.1) is 0 Å². The molecule has 1 aromatic rings. The summed E-state index contributed by atoms with van der Waals surface area (Å²) >= 11 is 5.58. The molecule has 0 aliphatic carbocycles. The molecule has 1 rings (SSSR count). The number of hydrogen-bond acceptors (Lipinski definition) is 1. The molecule has 0 fully saturated rings. The zero-order chi connectivity index (χ0) is 8.97. The van der Waals surface area contributed by atoms with Gasteiger partial charge in [0.05, 0.1) is 7.11 Å². The van der Waals surface area contributed by atoms with Crippen LogP contribution in [-0.2, 0) is 0 Å². The van der Waals surface area contributed by atoms with Crippen LogP contribution in [0.5, 0.6) is 5.75 Å². The van der Waals surface area contributed by atoms with Gasteiger partial charge in [-0.2, -0.15) is 0 Å². The summed E-state index contributed by atoms with van der Waals surface area (Å²) in [6, 6.07) is 7.80. The first kappa shape index (κ1) is 9.14. The van der Waals surface area contributed by atoms with E-state index in [1.165, 1.54) is 0 Å². The van der Waals surface area contributed by atoms with Gasteiger partial charge < -0.3 is 4.74 Å². The maximum Gasteiger partial charge on any atom is 0.119 e. The number of benzene rings is 1. The lowest BCUT2D eigenvalue weighted by molar-refractivity contribution is 0.414. The number of rotatable bonds is 2. The average Bonchev–Trinajstić information content (AvgIpc) is 2.17. The molecular weight excluding hydrogens is 172 g/mol. The molecule has 64 valence electrons. The molecule has 0 amide bonds. The number of methoxy groups -OCH3 is 1. The van der Waals surface area contributed by atoms with Crippen LogP contribution in [-0.4, -0.2) is 7.11 Å². The molecule has 1 nitrogen and oxygen atoms in total. The Kier molecular flexibility index (Phi) is 3.18. The molecule has 0 heterocycles. The Hall–Kier alpha value is -0.950. The summed E-state index contributed by atoms with van der Waals surface area (Å²) in [7, 11) is 1.65. The van der Waals surface area contributed by atoms with Gasteiger partial charge >= 0.3 is 0 Å². The summed E-state index contributed by atoms with van der Waals surface area (Å²) in [6.07, 6.45) is 0. The van der Waals surface area contributed by atoms with E-state index in [4.69, 9.17) is 16.3 Å². The second kappa shape index (κ2) is 4.17. The van der Waals surface area contributed by atoms with Gasteiger partial charge in [0.2, 0.25) is 0 Å². The Balaban J connectivity index is 3.02. The van der Waals surface area contributed by atoms with Crippen molar-refractivity contribution in [1.29, 1.82) is 0 Å². The fraction of sp³-hybridized carbons (Fsp3) is 0.200. The Morgan fingerprint density at radius 2 is 2.25 bits per heavy atom. The van der Waals surface area contributed by atoms with E-state index in [2.05, 4.69) is 0 Å². The van der Waals surface area contributed by atoms with Crippen molar-refractivity contribution in [2.75, 3.05) is 7.11 Å². The average molecular weight is 183 g/mol. The summed E-state index contributed by atoms with van der Waals surface area (Å²) in [6.45, 7) is 1.96. The number of ether oxygens (including phenoxy) is 1. The van der Waals surface area contributed by atoms with Gasteiger partial charge in [-0.1, -0.05) is 23.7 Å². The molecule has 0 atom stereocenters. The highest BCUT2D eigenvalue weighted by Crippen LogP contribution is 2.19.